The molecule has 1 N–H and O–H groups in total. The number of amides is 1. The standard InChI is InChI=1S/C18H17ClN4O3/c19-15-5-3-13(4-6-15)18(24)21-20-12-14-11-16(23(25)26)7-8-17(14)22-9-1-2-10-22/h3-8,11-12H,1-2,9-10H2,(H,21,24)/b20-12-. The Morgan fingerprint density at radius 1 is 1.19 bits per heavy atom. The molecule has 1 aliphatic rings. The Labute approximate surface area is 155 Å². The summed E-state index contributed by atoms with van der Waals surface area (Å²) in [4.78, 5) is 24.8. The Morgan fingerprint density at radius 2 is 1.88 bits per heavy atom. The third-order valence-corrected chi connectivity index (χ3v) is 4.40. The summed E-state index contributed by atoms with van der Waals surface area (Å²) in [5.74, 6) is -0.383. The van der Waals surface area contributed by atoms with Gasteiger partial charge in [0.25, 0.3) is 11.6 Å². The number of halogens is 1. The molecule has 1 fully saturated rings. The summed E-state index contributed by atoms with van der Waals surface area (Å²) in [6.45, 7) is 1.80. The van der Waals surface area contributed by atoms with Crippen LogP contribution in [0.3, 0.4) is 0 Å². The van der Waals surface area contributed by atoms with E-state index >= 15 is 0 Å². The predicted octanol–water partition coefficient (Wildman–Crippen LogP) is 3.61. The minimum absolute atomic E-state index is 0.0153. The molecular formula is C18H17ClN4O3. The zero-order valence-electron chi connectivity index (χ0n) is 13.9. The third kappa shape index (κ3) is 4.18. The van der Waals surface area contributed by atoms with Gasteiger partial charge in [0.15, 0.2) is 0 Å². The maximum Gasteiger partial charge on any atom is 0.271 e. The van der Waals surface area contributed by atoms with Crippen LogP contribution in [-0.2, 0) is 0 Å². The molecule has 0 aromatic heterocycles. The number of non-ortho nitro benzene ring substituents is 1. The fourth-order valence-corrected chi connectivity index (χ4v) is 2.96. The summed E-state index contributed by atoms with van der Waals surface area (Å²) in [5, 5.41) is 15.6. The molecule has 3 rings (SSSR count). The molecule has 26 heavy (non-hydrogen) atoms. The molecule has 7 nitrogen and oxygen atoms in total. The second-order valence-corrected chi connectivity index (χ2v) is 6.34. The van der Waals surface area contributed by atoms with Gasteiger partial charge in [-0.15, -0.1) is 0 Å². The summed E-state index contributed by atoms with van der Waals surface area (Å²) >= 11 is 5.80. The number of anilines is 1. The van der Waals surface area contributed by atoms with E-state index in [1.54, 1.807) is 30.3 Å². The Balaban J connectivity index is 1.79. The Kier molecular flexibility index (Phi) is 5.48. The topological polar surface area (TPSA) is 87.8 Å². The van der Waals surface area contributed by atoms with Gasteiger partial charge in [0, 0.05) is 47.1 Å². The van der Waals surface area contributed by atoms with Crippen molar-refractivity contribution in [1.82, 2.24) is 5.43 Å². The monoisotopic (exact) mass is 372 g/mol. The molecule has 0 saturated carbocycles. The zero-order chi connectivity index (χ0) is 18.5. The first-order valence-electron chi connectivity index (χ1n) is 8.17. The molecule has 1 amide bonds. The van der Waals surface area contributed by atoms with Crippen molar-refractivity contribution in [3.8, 4) is 0 Å². The van der Waals surface area contributed by atoms with Gasteiger partial charge in [-0.2, -0.15) is 5.10 Å². The van der Waals surface area contributed by atoms with Crippen LogP contribution in [0.25, 0.3) is 0 Å². The van der Waals surface area contributed by atoms with E-state index < -0.39 is 4.92 Å². The van der Waals surface area contributed by atoms with E-state index in [0.717, 1.165) is 31.6 Å². The van der Waals surface area contributed by atoms with Crippen molar-refractivity contribution < 1.29 is 9.72 Å². The van der Waals surface area contributed by atoms with Crippen LogP contribution in [0.4, 0.5) is 11.4 Å². The molecule has 1 saturated heterocycles. The maximum atomic E-state index is 12.1. The Hall–Kier alpha value is -2.93. The quantitative estimate of drug-likeness (QED) is 0.493. The van der Waals surface area contributed by atoms with Gasteiger partial charge in [0.1, 0.15) is 0 Å². The van der Waals surface area contributed by atoms with Crippen molar-refractivity contribution in [1.29, 1.82) is 0 Å². The molecular weight excluding hydrogens is 356 g/mol. The highest BCUT2D eigenvalue weighted by Crippen LogP contribution is 2.27. The van der Waals surface area contributed by atoms with Crippen LogP contribution in [0, 0.1) is 10.1 Å². The van der Waals surface area contributed by atoms with Crippen LogP contribution in [0.15, 0.2) is 47.6 Å². The first kappa shape index (κ1) is 17.9. The number of nitro groups is 1. The molecule has 0 bridgehead atoms. The number of hydrazone groups is 1. The number of nitro benzene ring substituents is 1. The average molecular weight is 373 g/mol. The number of rotatable bonds is 5. The molecule has 1 aliphatic heterocycles. The number of carbonyl (C=O) groups excluding carboxylic acids is 1. The van der Waals surface area contributed by atoms with Crippen LogP contribution in [0.5, 0.6) is 0 Å². The highest BCUT2D eigenvalue weighted by Gasteiger charge is 2.18. The molecule has 0 unspecified atom stereocenters. The van der Waals surface area contributed by atoms with Gasteiger partial charge in [-0.25, -0.2) is 5.43 Å². The van der Waals surface area contributed by atoms with Crippen molar-refractivity contribution in [2.45, 2.75) is 12.8 Å². The Morgan fingerprint density at radius 3 is 2.54 bits per heavy atom. The molecule has 1 heterocycles. The largest absolute Gasteiger partial charge is 0.371 e. The number of hydrogen-bond donors (Lipinski definition) is 1. The summed E-state index contributed by atoms with van der Waals surface area (Å²) in [5.41, 5.74) is 4.31. The second-order valence-electron chi connectivity index (χ2n) is 5.90. The van der Waals surface area contributed by atoms with E-state index in [4.69, 9.17) is 11.6 Å². The van der Waals surface area contributed by atoms with Gasteiger partial charge in [-0.05, 0) is 43.2 Å². The highest BCUT2D eigenvalue weighted by molar-refractivity contribution is 6.30. The van der Waals surface area contributed by atoms with E-state index in [1.165, 1.54) is 18.3 Å². The van der Waals surface area contributed by atoms with Crippen molar-refractivity contribution in [3.63, 3.8) is 0 Å². The maximum absolute atomic E-state index is 12.1. The SMILES string of the molecule is O=C(N/N=C\c1cc([N+](=O)[O-])ccc1N1CCCC1)c1ccc(Cl)cc1. The molecule has 2 aromatic rings. The lowest BCUT2D eigenvalue weighted by molar-refractivity contribution is -0.384. The van der Waals surface area contributed by atoms with E-state index in [2.05, 4.69) is 15.4 Å². The number of hydrogen-bond acceptors (Lipinski definition) is 5. The molecule has 134 valence electrons. The summed E-state index contributed by atoms with van der Waals surface area (Å²) in [7, 11) is 0. The number of benzene rings is 2. The summed E-state index contributed by atoms with van der Waals surface area (Å²) in [6, 6.07) is 11.1. The van der Waals surface area contributed by atoms with Gasteiger partial charge in [0.05, 0.1) is 11.1 Å². The fraction of sp³-hybridized carbons (Fsp3) is 0.222. The zero-order valence-corrected chi connectivity index (χ0v) is 14.6. The van der Waals surface area contributed by atoms with Crippen LogP contribution in [0.1, 0.15) is 28.8 Å². The van der Waals surface area contributed by atoms with Gasteiger partial charge >= 0.3 is 0 Å². The first-order chi connectivity index (χ1) is 12.5. The fourth-order valence-electron chi connectivity index (χ4n) is 2.83. The second kappa shape index (κ2) is 7.97. The molecule has 0 atom stereocenters. The van der Waals surface area contributed by atoms with Crippen molar-refractivity contribution in [2.75, 3.05) is 18.0 Å². The lowest BCUT2D eigenvalue weighted by Crippen LogP contribution is -2.20. The van der Waals surface area contributed by atoms with Gasteiger partial charge in [-0.1, -0.05) is 11.6 Å². The number of nitrogens with one attached hydrogen (secondary N) is 1. The molecule has 2 aromatic carbocycles. The van der Waals surface area contributed by atoms with E-state index in [1.807, 2.05) is 0 Å². The lowest BCUT2D eigenvalue weighted by Gasteiger charge is -2.19. The van der Waals surface area contributed by atoms with E-state index in [9.17, 15) is 14.9 Å². The minimum Gasteiger partial charge on any atom is -0.371 e. The van der Waals surface area contributed by atoms with Gasteiger partial charge < -0.3 is 4.90 Å². The highest BCUT2D eigenvalue weighted by atomic mass is 35.5. The first-order valence-corrected chi connectivity index (χ1v) is 8.55. The number of carbonyl (C=O) groups is 1. The predicted molar refractivity (Wildman–Crippen MR) is 101 cm³/mol. The molecule has 0 radical (unpaired) electrons. The van der Waals surface area contributed by atoms with Crippen LogP contribution in [-0.4, -0.2) is 30.1 Å². The lowest BCUT2D eigenvalue weighted by atomic mass is 10.1. The van der Waals surface area contributed by atoms with Crippen LogP contribution < -0.4 is 10.3 Å². The van der Waals surface area contributed by atoms with Crippen molar-refractivity contribution in [2.24, 2.45) is 5.10 Å². The number of nitrogens with zero attached hydrogens (tertiary/aromatic N) is 3. The Bertz CT molecular complexity index is 846. The van der Waals surface area contributed by atoms with Crippen LogP contribution in [0.2, 0.25) is 5.02 Å². The van der Waals surface area contributed by atoms with Crippen molar-refractivity contribution in [3.05, 3.63) is 68.7 Å². The third-order valence-electron chi connectivity index (χ3n) is 4.14. The normalized spacial score (nSPS) is 14.0. The summed E-state index contributed by atoms with van der Waals surface area (Å²) in [6.07, 6.45) is 3.61. The molecule has 8 heteroatoms. The van der Waals surface area contributed by atoms with E-state index in [-0.39, 0.29) is 11.6 Å². The van der Waals surface area contributed by atoms with Gasteiger partial charge in [-0.3, -0.25) is 14.9 Å². The molecule has 0 spiro atoms. The average Bonchev–Trinajstić information content (AvgIpc) is 3.16. The molecule has 0 aliphatic carbocycles. The minimum atomic E-state index is -0.447. The summed E-state index contributed by atoms with van der Waals surface area (Å²) < 4.78 is 0. The smallest absolute Gasteiger partial charge is 0.271 e. The van der Waals surface area contributed by atoms with Gasteiger partial charge in [0.2, 0.25) is 0 Å². The van der Waals surface area contributed by atoms with E-state index in [0.29, 0.717) is 16.1 Å². The van der Waals surface area contributed by atoms with Crippen molar-refractivity contribution >= 4 is 35.1 Å². The van der Waals surface area contributed by atoms with Crippen LogP contribution >= 0.6 is 11.6 Å².